The number of hydrazine groups is 1. The molecule has 0 saturated carbocycles. The molecule has 0 spiro atoms. The third-order valence-corrected chi connectivity index (χ3v) is 5.17. The standard InChI is InChI=1S/C23H20N6O/c1-13-15(12-24)4-3-5-16(13)22-17(11-18-21(30)8-9-27-23(18)28-22)14-6-7-19(25)20(10-14)29(2)26/h3-11H,25-26H2,1-2H3,(H,27,28,30). The van der Waals surface area contributed by atoms with Crippen LogP contribution in [-0.4, -0.2) is 17.0 Å². The van der Waals surface area contributed by atoms with Crippen molar-refractivity contribution in [2.75, 3.05) is 17.8 Å². The molecule has 30 heavy (non-hydrogen) atoms. The maximum Gasteiger partial charge on any atom is 0.191 e. The summed E-state index contributed by atoms with van der Waals surface area (Å²) < 4.78 is 0. The summed E-state index contributed by atoms with van der Waals surface area (Å²) in [6.07, 6.45) is 1.57. The summed E-state index contributed by atoms with van der Waals surface area (Å²) in [5.41, 5.74) is 12.0. The Balaban J connectivity index is 2.10. The Labute approximate surface area is 173 Å². The molecule has 7 heteroatoms. The second-order valence-corrected chi connectivity index (χ2v) is 7.10. The molecule has 0 bridgehead atoms. The molecule has 2 aromatic heterocycles. The first-order valence-corrected chi connectivity index (χ1v) is 9.31. The second-order valence-electron chi connectivity index (χ2n) is 7.10. The predicted molar refractivity (Wildman–Crippen MR) is 120 cm³/mol. The quantitative estimate of drug-likeness (QED) is 0.277. The van der Waals surface area contributed by atoms with Crippen LogP contribution in [0.2, 0.25) is 0 Å². The normalized spacial score (nSPS) is 10.7. The first-order valence-electron chi connectivity index (χ1n) is 9.31. The SMILES string of the molecule is Cc1c(C#N)cccc1-c1nc2[nH]ccc(=O)c2cc1-c1ccc(N)c(N(C)N)c1. The van der Waals surface area contributed by atoms with Crippen LogP contribution in [0, 0.1) is 18.3 Å². The molecule has 4 aromatic rings. The van der Waals surface area contributed by atoms with E-state index in [4.69, 9.17) is 16.6 Å². The number of nitrogen functional groups attached to an aromatic ring is 1. The van der Waals surface area contributed by atoms with Gasteiger partial charge in [0.05, 0.1) is 34.1 Å². The van der Waals surface area contributed by atoms with Crippen LogP contribution in [0.5, 0.6) is 0 Å². The summed E-state index contributed by atoms with van der Waals surface area (Å²) in [6.45, 7) is 1.89. The second kappa shape index (κ2) is 7.35. The van der Waals surface area contributed by atoms with Gasteiger partial charge in [0.15, 0.2) is 5.43 Å². The fraction of sp³-hybridized carbons (Fsp3) is 0.0870. The van der Waals surface area contributed by atoms with Gasteiger partial charge in [0.2, 0.25) is 0 Å². The molecule has 0 aliphatic carbocycles. The molecule has 148 valence electrons. The monoisotopic (exact) mass is 396 g/mol. The van der Waals surface area contributed by atoms with E-state index in [0.717, 1.165) is 22.3 Å². The van der Waals surface area contributed by atoms with Crippen molar-refractivity contribution in [1.29, 1.82) is 5.26 Å². The molecule has 0 fully saturated rings. The van der Waals surface area contributed by atoms with E-state index in [2.05, 4.69) is 11.1 Å². The maximum atomic E-state index is 12.5. The first kappa shape index (κ1) is 19.2. The Morgan fingerprint density at radius 3 is 2.67 bits per heavy atom. The lowest BCUT2D eigenvalue weighted by molar-refractivity contribution is 1.02. The van der Waals surface area contributed by atoms with Gasteiger partial charge >= 0.3 is 0 Å². The highest BCUT2D eigenvalue weighted by Gasteiger charge is 2.17. The van der Waals surface area contributed by atoms with Gasteiger partial charge in [-0.1, -0.05) is 18.2 Å². The number of aromatic amines is 1. The van der Waals surface area contributed by atoms with Crippen LogP contribution >= 0.6 is 0 Å². The Bertz CT molecular complexity index is 1380. The number of H-pyrrole nitrogens is 1. The van der Waals surface area contributed by atoms with E-state index in [1.807, 2.05) is 37.3 Å². The first-order chi connectivity index (χ1) is 14.4. The topological polar surface area (TPSA) is 125 Å². The number of nitrogens with one attached hydrogen (secondary N) is 1. The van der Waals surface area contributed by atoms with Crippen LogP contribution in [-0.2, 0) is 0 Å². The molecule has 0 aliphatic heterocycles. The number of rotatable bonds is 3. The van der Waals surface area contributed by atoms with E-state index in [0.29, 0.717) is 33.7 Å². The van der Waals surface area contributed by atoms with E-state index in [9.17, 15) is 10.1 Å². The fourth-order valence-electron chi connectivity index (χ4n) is 3.55. The van der Waals surface area contributed by atoms with Crippen molar-refractivity contribution in [3.8, 4) is 28.5 Å². The molecule has 0 atom stereocenters. The Morgan fingerprint density at radius 1 is 1.13 bits per heavy atom. The molecule has 5 N–H and O–H groups in total. The Morgan fingerprint density at radius 2 is 1.93 bits per heavy atom. The Kier molecular flexibility index (Phi) is 4.70. The van der Waals surface area contributed by atoms with E-state index in [1.165, 1.54) is 11.1 Å². The van der Waals surface area contributed by atoms with Crippen molar-refractivity contribution in [2.24, 2.45) is 5.84 Å². The van der Waals surface area contributed by atoms with Gasteiger partial charge in [0.1, 0.15) is 5.65 Å². The van der Waals surface area contributed by atoms with Gasteiger partial charge in [-0.15, -0.1) is 0 Å². The van der Waals surface area contributed by atoms with Crippen molar-refractivity contribution in [2.45, 2.75) is 6.92 Å². The van der Waals surface area contributed by atoms with Crippen molar-refractivity contribution in [3.63, 3.8) is 0 Å². The average Bonchev–Trinajstić information content (AvgIpc) is 2.74. The molecule has 0 amide bonds. The average molecular weight is 396 g/mol. The minimum absolute atomic E-state index is 0.127. The summed E-state index contributed by atoms with van der Waals surface area (Å²) in [4.78, 5) is 20.3. The highest BCUT2D eigenvalue weighted by Crippen LogP contribution is 2.37. The molecular formula is C23H20N6O. The zero-order valence-corrected chi connectivity index (χ0v) is 16.6. The highest BCUT2D eigenvalue weighted by atomic mass is 16.1. The van der Waals surface area contributed by atoms with Crippen LogP contribution in [0.25, 0.3) is 33.4 Å². The largest absolute Gasteiger partial charge is 0.397 e. The summed E-state index contributed by atoms with van der Waals surface area (Å²) in [7, 11) is 1.71. The lowest BCUT2D eigenvalue weighted by atomic mass is 9.93. The molecule has 2 heterocycles. The third-order valence-electron chi connectivity index (χ3n) is 5.17. The summed E-state index contributed by atoms with van der Waals surface area (Å²) in [5.74, 6) is 5.93. The van der Waals surface area contributed by atoms with Gasteiger partial charge in [0, 0.05) is 30.4 Å². The smallest absolute Gasteiger partial charge is 0.191 e. The number of benzene rings is 2. The summed E-state index contributed by atoms with van der Waals surface area (Å²) >= 11 is 0. The van der Waals surface area contributed by atoms with E-state index in [-0.39, 0.29) is 5.43 Å². The number of nitrogens with two attached hydrogens (primary N) is 2. The van der Waals surface area contributed by atoms with Crippen molar-refractivity contribution < 1.29 is 0 Å². The zero-order chi connectivity index (χ0) is 21.4. The van der Waals surface area contributed by atoms with E-state index < -0.39 is 0 Å². The van der Waals surface area contributed by atoms with Crippen LogP contribution < -0.4 is 22.0 Å². The summed E-state index contributed by atoms with van der Waals surface area (Å²) in [5, 5.41) is 11.4. The summed E-state index contributed by atoms with van der Waals surface area (Å²) in [6, 6.07) is 16.5. The lowest BCUT2D eigenvalue weighted by Gasteiger charge is -2.18. The predicted octanol–water partition coefficient (Wildman–Crippen LogP) is 3.33. The molecule has 0 radical (unpaired) electrons. The van der Waals surface area contributed by atoms with E-state index in [1.54, 1.807) is 25.4 Å². The molecular weight excluding hydrogens is 376 g/mol. The molecule has 0 aliphatic rings. The molecule has 0 saturated heterocycles. The van der Waals surface area contributed by atoms with Gasteiger partial charge in [-0.3, -0.25) is 4.79 Å². The highest BCUT2D eigenvalue weighted by molar-refractivity contribution is 5.92. The van der Waals surface area contributed by atoms with E-state index >= 15 is 0 Å². The van der Waals surface area contributed by atoms with Crippen LogP contribution in [0.3, 0.4) is 0 Å². The number of nitriles is 1. The van der Waals surface area contributed by atoms with Gasteiger partial charge < -0.3 is 15.7 Å². The van der Waals surface area contributed by atoms with Crippen LogP contribution in [0.1, 0.15) is 11.1 Å². The minimum atomic E-state index is -0.127. The van der Waals surface area contributed by atoms with Crippen molar-refractivity contribution in [1.82, 2.24) is 9.97 Å². The third kappa shape index (κ3) is 3.15. The number of anilines is 2. The number of hydrogen-bond donors (Lipinski definition) is 3. The van der Waals surface area contributed by atoms with Gasteiger partial charge in [0.25, 0.3) is 0 Å². The number of hydrogen-bond acceptors (Lipinski definition) is 6. The molecule has 7 nitrogen and oxygen atoms in total. The van der Waals surface area contributed by atoms with Crippen molar-refractivity contribution >= 4 is 22.4 Å². The lowest BCUT2D eigenvalue weighted by Crippen LogP contribution is -2.26. The minimum Gasteiger partial charge on any atom is -0.397 e. The molecule has 0 unspecified atom stereocenters. The van der Waals surface area contributed by atoms with Gasteiger partial charge in [-0.05, 0) is 42.3 Å². The van der Waals surface area contributed by atoms with Crippen LogP contribution in [0.15, 0.2) is 59.5 Å². The number of pyridine rings is 2. The fourth-order valence-corrected chi connectivity index (χ4v) is 3.55. The molecule has 4 rings (SSSR count). The van der Waals surface area contributed by atoms with Crippen LogP contribution in [0.4, 0.5) is 11.4 Å². The maximum absolute atomic E-state index is 12.5. The number of nitrogens with zero attached hydrogens (tertiary/aromatic N) is 3. The number of fused-ring (bicyclic) bond motifs is 1. The molecule has 2 aromatic carbocycles. The van der Waals surface area contributed by atoms with Crippen molar-refractivity contribution in [3.05, 3.63) is 76.1 Å². The van der Waals surface area contributed by atoms with Gasteiger partial charge in [-0.2, -0.15) is 5.26 Å². The number of aromatic nitrogens is 2. The van der Waals surface area contributed by atoms with Gasteiger partial charge in [-0.25, -0.2) is 10.8 Å². The zero-order valence-electron chi connectivity index (χ0n) is 16.6. The Hall–Kier alpha value is -4.15.